The van der Waals surface area contributed by atoms with Gasteiger partial charge in [0.15, 0.2) is 0 Å². The van der Waals surface area contributed by atoms with Crippen molar-refractivity contribution in [2.24, 2.45) is 0 Å². The number of ether oxygens (including phenoxy) is 1. The number of halogens is 1. The molecule has 0 heterocycles. The van der Waals surface area contributed by atoms with Crippen LogP contribution in [0.1, 0.15) is 31.9 Å². The Kier molecular flexibility index (Phi) is 10.4. The van der Waals surface area contributed by atoms with E-state index in [9.17, 15) is 18.0 Å². The van der Waals surface area contributed by atoms with E-state index in [2.05, 4.69) is 5.32 Å². The van der Waals surface area contributed by atoms with Crippen LogP contribution in [0.2, 0.25) is 5.02 Å². The minimum Gasteiger partial charge on any atom is -0.494 e. The van der Waals surface area contributed by atoms with E-state index in [-0.39, 0.29) is 23.0 Å². The number of sulfonamides is 1. The average molecular weight is 572 g/mol. The topological polar surface area (TPSA) is 96.0 Å². The first-order chi connectivity index (χ1) is 18.6. The van der Waals surface area contributed by atoms with Crippen LogP contribution in [0.5, 0.6) is 5.75 Å². The number of anilines is 1. The number of likely N-dealkylation sites (N-methyl/N-ethyl adjacent to an activating group) is 1. The second-order valence-electron chi connectivity index (χ2n) is 8.97. The van der Waals surface area contributed by atoms with Crippen LogP contribution in [0.3, 0.4) is 0 Å². The van der Waals surface area contributed by atoms with Crippen molar-refractivity contribution in [3.8, 4) is 5.75 Å². The molecule has 0 radical (unpaired) electrons. The fourth-order valence-corrected chi connectivity index (χ4v) is 5.59. The first-order valence-corrected chi connectivity index (χ1v) is 14.5. The summed E-state index contributed by atoms with van der Waals surface area (Å²) >= 11 is 5.99. The van der Waals surface area contributed by atoms with Gasteiger partial charge in [-0.3, -0.25) is 13.9 Å². The van der Waals surface area contributed by atoms with Gasteiger partial charge in [-0.2, -0.15) is 0 Å². The summed E-state index contributed by atoms with van der Waals surface area (Å²) in [7, 11) is -4.17. The summed E-state index contributed by atoms with van der Waals surface area (Å²) in [6.45, 7) is 7.69. The summed E-state index contributed by atoms with van der Waals surface area (Å²) in [5.74, 6) is -0.282. The second kappa shape index (κ2) is 13.5. The molecule has 0 fully saturated rings. The Morgan fingerprint density at radius 3 is 2.26 bits per heavy atom. The highest BCUT2D eigenvalue weighted by molar-refractivity contribution is 7.92. The Morgan fingerprint density at radius 1 is 1.00 bits per heavy atom. The molecule has 1 atom stereocenters. The molecule has 8 nitrogen and oxygen atoms in total. The van der Waals surface area contributed by atoms with E-state index in [1.807, 2.05) is 38.1 Å². The molecular weight excluding hydrogens is 538 g/mol. The molecule has 0 spiro atoms. The third kappa shape index (κ3) is 7.74. The van der Waals surface area contributed by atoms with Crippen molar-refractivity contribution >= 4 is 39.1 Å². The quantitative estimate of drug-likeness (QED) is 0.337. The fourth-order valence-electron chi connectivity index (χ4n) is 4.05. The van der Waals surface area contributed by atoms with Crippen molar-refractivity contribution in [1.29, 1.82) is 0 Å². The standard InChI is InChI=1S/C29H34ClN3O5S/c1-5-31-29(35)22(4)32(19-23-9-7-8-21(3)18-23)28(34)20-33(25-12-14-26(15-13-25)38-6-2)39(36,37)27-16-10-24(30)11-17-27/h7-18,22H,5-6,19-20H2,1-4H3,(H,31,35). The molecular formula is C29H34ClN3O5S. The number of nitrogens with zero attached hydrogens (tertiary/aromatic N) is 2. The second-order valence-corrected chi connectivity index (χ2v) is 11.3. The molecule has 2 amide bonds. The van der Waals surface area contributed by atoms with Gasteiger partial charge in [-0.05, 0) is 81.8 Å². The number of aryl methyl sites for hydroxylation is 1. The molecule has 0 aliphatic heterocycles. The number of nitrogens with one attached hydrogen (secondary N) is 1. The Hall–Kier alpha value is -3.56. The lowest BCUT2D eigenvalue weighted by molar-refractivity contribution is -0.139. The van der Waals surface area contributed by atoms with Gasteiger partial charge in [0.1, 0.15) is 18.3 Å². The summed E-state index contributed by atoms with van der Waals surface area (Å²) < 4.78 is 34.2. The minimum absolute atomic E-state index is 0.0180. The maximum atomic E-state index is 13.9. The molecule has 0 aromatic heterocycles. The highest BCUT2D eigenvalue weighted by Gasteiger charge is 2.32. The lowest BCUT2D eigenvalue weighted by Crippen LogP contribution is -2.51. The van der Waals surface area contributed by atoms with E-state index in [0.29, 0.717) is 23.9 Å². The van der Waals surface area contributed by atoms with Crippen LogP contribution in [0.25, 0.3) is 0 Å². The number of carbonyl (C=O) groups is 2. The lowest BCUT2D eigenvalue weighted by Gasteiger charge is -2.32. The van der Waals surface area contributed by atoms with Gasteiger partial charge in [-0.1, -0.05) is 41.4 Å². The van der Waals surface area contributed by atoms with E-state index in [1.165, 1.54) is 29.2 Å². The van der Waals surface area contributed by atoms with Gasteiger partial charge in [0.2, 0.25) is 11.8 Å². The zero-order valence-electron chi connectivity index (χ0n) is 22.6. The van der Waals surface area contributed by atoms with Crippen LogP contribution in [-0.2, 0) is 26.2 Å². The Bertz CT molecular complexity index is 1380. The van der Waals surface area contributed by atoms with Crippen LogP contribution in [0.15, 0.2) is 77.7 Å². The normalized spacial score (nSPS) is 11.9. The highest BCUT2D eigenvalue weighted by Crippen LogP contribution is 2.27. The van der Waals surface area contributed by atoms with Gasteiger partial charge >= 0.3 is 0 Å². The Morgan fingerprint density at radius 2 is 1.67 bits per heavy atom. The van der Waals surface area contributed by atoms with Gasteiger partial charge < -0.3 is 15.0 Å². The summed E-state index contributed by atoms with van der Waals surface area (Å²) in [5, 5.41) is 3.14. The molecule has 3 rings (SSSR count). The first kappa shape index (κ1) is 30.0. The van der Waals surface area contributed by atoms with Crippen LogP contribution >= 0.6 is 11.6 Å². The number of benzene rings is 3. The van der Waals surface area contributed by atoms with Crippen molar-refractivity contribution in [1.82, 2.24) is 10.2 Å². The molecule has 3 aromatic carbocycles. The molecule has 3 aromatic rings. The lowest BCUT2D eigenvalue weighted by atomic mass is 10.1. The smallest absolute Gasteiger partial charge is 0.264 e. The van der Waals surface area contributed by atoms with E-state index in [1.54, 1.807) is 38.1 Å². The van der Waals surface area contributed by atoms with E-state index in [0.717, 1.165) is 15.4 Å². The number of hydrogen-bond donors (Lipinski definition) is 1. The van der Waals surface area contributed by atoms with Gasteiger partial charge in [0.25, 0.3) is 10.0 Å². The van der Waals surface area contributed by atoms with Crippen LogP contribution in [-0.4, -0.2) is 50.9 Å². The van der Waals surface area contributed by atoms with Crippen molar-refractivity contribution < 1.29 is 22.7 Å². The zero-order valence-corrected chi connectivity index (χ0v) is 24.1. The van der Waals surface area contributed by atoms with Crippen molar-refractivity contribution in [3.05, 3.63) is 88.9 Å². The summed E-state index contributed by atoms with van der Waals surface area (Å²) in [4.78, 5) is 28.0. The average Bonchev–Trinajstić information content (AvgIpc) is 2.91. The predicted octanol–water partition coefficient (Wildman–Crippen LogP) is 4.80. The maximum Gasteiger partial charge on any atom is 0.264 e. The number of hydrogen-bond acceptors (Lipinski definition) is 5. The number of rotatable bonds is 12. The van der Waals surface area contributed by atoms with Gasteiger partial charge in [-0.25, -0.2) is 8.42 Å². The molecule has 10 heteroatoms. The largest absolute Gasteiger partial charge is 0.494 e. The highest BCUT2D eigenvalue weighted by atomic mass is 35.5. The fraction of sp³-hybridized carbons (Fsp3) is 0.310. The predicted molar refractivity (Wildman–Crippen MR) is 153 cm³/mol. The molecule has 0 aliphatic carbocycles. The zero-order chi connectivity index (χ0) is 28.6. The van der Waals surface area contributed by atoms with Crippen molar-refractivity contribution in [3.63, 3.8) is 0 Å². The van der Waals surface area contributed by atoms with Crippen molar-refractivity contribution in [2.75, 3.05) is 24.0 Å². The summed E-state index contributed by atoms with van der Waals surface area (Å²) in [6.07, 6.45) is 0. The molecule has 0 saturated heterocycles. The number of carbonyl (C=O) groups excluding carboxylic acids is 2. The van der Waals surface area contributed by atoms with E-state index in [4.69, 9.17) is 16.3 Å². The maximum absolute atomic E-state index is 13.9. The molecule has 208 valence electrons. The van der Waals surface area contributed by atoms with Gasteiger partial charge in [-0.15, -0.1) is 0 Å². The van der Waals surface area contributed by atoms with Crippen LogP contribution in [0, 0.1) is 6.92 Å². The van der Waals surface area contributed by atoms with Gasteiger partial charge in [0, 0.05) is 18.1 Å². The third-order valence-corrected chi connectivity index (χ3v) is 8.11. The summed E-state index contributed by atoms with van der Waals surface area (Å²) in [6, 6.07) is 19.0. The molecule has 39 heavy (non-hydrogen) atoms. The van der Waals surface area contributed by atoms with E-state index < -0.39 is 28.5 Å². The van der Waals surface area contributed by atoms with E-state index >= 15 is 0 Å². The van der Waals surface area contributed by atoms with Crippen LogP contribution < -0.4 is 14.4 Å². The van der Waals surface area contributed by atoms with Crippen LogP contribution in [0.4, 0.5) is 5.69 Å². The third-order valence-electron chi connectivity index (χ3n) is 6.07. The first-order valence-electron chi connectivity index (χ1n) is 12.7. The molecule has 1 N–H and O–H groups in total. The SMILES string of the molecule is CCNC(=O)C(C)N(Cc1cccc(C)c1)C(=O)CN(c1ccc(OCC)cc1)S(=O)(=O)c1ccc(Cl)cc1. The van der Waals surface area contributed by atoms with Crippen molar-refractivity contribution in [2.45, 2.75) is 45.2 Å². The molecule has 0 bridgehead atoms. The molecule has 0 saturated carbocycles. The molecule has 1 unspecified atom stereocenters. The summed E-state index contributed by atoms with van der Waals surface area (Å²) in [5.41, 5.74) is 2.11. The monoisotopic (exact) mass is 571 g/mol. The molecule has 0 aliphatic rings. The van der Waals surface area contributed by atoms with Gasteiger partial charge in [0.05, 0.1) is 17.2 Å². The Labute approximate surface area is 235 Å². The minimum atomic E-state index is -4.17. The Balaban J connectivity index is 2.03. The number of amides is 2.